The zero-order chi connectivity index (χ0) is 25.5. The molecule has 188 valence electrons. The van der Waals surface area contributed by atoms with E-state index in [4.69, 9.17) is 4.74 Å². The van der Waals surface area contributed by atoms with Gasteiger partial charge in [0.05, 0.1) is 23.4 Å². The number of rotatable bonds is 12. The number of esters is 1. The topological polar surface area (TPSA) is 63.7 Å². The number of benzene rings is 2. The minimum atomic E-state index is -0.306. The second kappa shape index (κ2) is 12.1. The number of imide groups is 1. The zero-order valence-corrected chi connectivity index (χ0v) is 21.9. The van der Waals surface area contributed by atoms with Crippen molar-refractivity contribution in [2.75, 3.05) is 11.5 Å². The first-order valence-electron chi connectivity index (χ1n) is 13.1. The molecule has 2 aromatic carbocycles. The number of aryl methyl sites for hydroxylation is 1. The number of fused-ring (bicyclic) bond motifs is 1. The molecule has 0 bridgehead atoms. The van der Waals surface area contributed by atoms with Gasteiger partial charge in [0.1, 0.15) is 0 Å². The molecule has 0 fully saturated rings. The molecule has 0 aliphatic carbocycles. The van der Waals surface area contributed by atoms with E-state index in [1.54, 1.807) is 12.1 Å². The van der Waals surface area contributed by atoms with Crippen LogP contribution in [-0.4, -0.2) is 24.4 Å². The fraction of sp³-hybridized carbons (Fsp3) is 0.500. The second-order valence-electron chi connectivity index (χ2n) is 10.0. The summed E-state index contributed by atoms with van der Waals surface area (Å²) in [4.78, 5) is 40.9. The fourth-order valence-corrected chi connectivity index (χ4v) is 4.74. The summed E-state index contributed by atoms with van der Waals surface area (Å²) < 4.78 is 5.38. The smallest absolute Gasteiger partial charge is 0.306 e. The minimum absolute atomic E-state index is 0.157. The first-order valence-corrected chi connectivity index (χ1v) is 13.1. The van der Waals surface area contributed by atoms with Gasteiger partial charge >= 0.3 is 5.97 Å². The van der Waals surface area contributed by atoms with Crippen molar-refractivity contribution in [2.45, 2.75) is 91.4 Å². The van der Waals surface area contributed by atoms with Gasteiger partial charge in [0.25, 0.3) is 11.8 Å². The van der Waals surface area contributed by atoms with E-state index in [1.165, 1.54) is 17.7 Å². The summed E-state index contributed by atoms with van der Waals surface area (Å²) in [5.74, 6) is -0.552. The van der Waals surface area contributed by atoms with Crippen LogP contribution in [0, 0.1) is 0 Å². The predicted octanol–water partition coefficient (Wildman–Crippen LogP) is 7.18. The highest BCUT2D eigenvalue weighted by molar-refractivity contribution is 6.35. The van der Waals surface area contributed by atoms with Crippen molar-refractivity contribution in [1.82, 2.24) is 0 Å². The van der Waals surface area contributed by atoms with Crippen LogP contribution in [0.15, 0.2) is 36.4 Å². The number of para-hydroxylation sites is 1. The molecule has 0 N–H and O–H groups in total. The molecule has 5 nitrogen and oxygen atoms in total. The van der Waals surface area contributed by atoms with Crippen molar-refractivity contribution < 1.29 is 19.1 Å². The van der Waals surface area contributed by atoms with Crippen LogP contribution in [0.2, 0.25) is 0 Å². The fourth-order valence-electron chi connectivity index (χ4n) is 4.74. The number of amides is 2. The van der Waals surface area contributed by atoms with Crippen LogP contribution in [0.25, 0.3) is 0 Å². The lowest BCUT2D eigenvalue weighted by molar-refractivity contribution is -0.143. The Labute approximate surface area is 209 Å². The van der Waals surface area contributed by atoms with E-state index < -0.39 is 0 Å². The normalized spacial score (nSPS) is 13.2. The van der Waals surface area contributed by atoms with Crippen molar-refractivity contribution in [3.63, 3.8) is 0 Å². The SMILES string of the molecule is CCCCCCCOC(=O)CCc1cccc2c1C(=O)N(c1c(C(C)C)cccc1C(C)C)C2=O. The number of anilines is 1. The highest BCUT2D eigenvalue weighted by atomic mass is 16.5. The van der Waals surface area contributed by atoms with Gasteiger partial charge in [-0.05, 0) is 47.4 Å². The summed E-state index contributed by atoms with van der Waals surface area (Å²) in [7, 11) is 0. The summed E-state index contributed by atoms with van der Waals surface area (Å²) in [5.41, 5.74) is 4.21. The van der Waals surface area contributed by atoms with Gasteiger partial charge in [-0.2, -0.15) is 0 Å². The molecule has 0 radical (unpaired) electrons. The van der Waals surface area contributed by atoms with Crippen molar-refractivity contribution in [2.24, 2.45) is 0 Å². The average Bonchev–Trinajstić information content (AvgIpc) is 3.09. The molecule has 2 aromatic rings. The van der Waals surface area contributed by atoms with Gasteiger partial charge in [0.2, 0.25) is 0 Å². The number of hydrogen-bond acceptors (Lipinski definition) is 4. The van der Waals surface area contributed by atoms with Crippen LogP contribution in [0.3, 0.4) is 0 Å². The van der Waals surface area contributed by atoms with Gasteiger partial charge in [-0.3, -0.25) is 14.4 Å². The lowest BCUT2D eigenvalue weighted by atomic mass is 9.92. The highest BCUT2D eigenvalue weighted by Gasteiger charge is 2.40. The Morgan fingerprint density at radius 3 is 2.11 bits per heavy atom. The molecule has 1 heterocycles. The zero-order valence-electron chi connectivity index (χ0n) is 21.9. The number of ether oxygens (including phenoxy) is 1. The average molecular weight is 478 g/mol. The Bertz CT molecular complexity index is 1040. The first-order chi connectivity index (χ1) is 16.8. The van der Waals surface area contributed by atoms with Gasteiger partial charge in [-0.1, -0.05) is 90.6 Å². The van der Waals surface area contributed by atoms with Crippen LogP contribution in [0.1, 0.15) is 122 Å². The van der Waals surface area contributed by atoms with Crippen LogP contribution in [0.4, 0.5) is 5.69 Å². The Morgan fingerprint density at radius 1 is 0.857 bits per heavy atom. The second-order valence-corrected chi connectivity index (χ2v) is 10.0. The molecule has 2 amide bonds. The van der Waals surface area contributed by atoms with Crippen molar-refractivity contribution in [3.8, 4) is 0 Å². The summed E-state index contributed by atoms with van der Waals surface area (Å²) in [6, 6.07) is 11.3. The van der Waals surface area contributed by atoms with Gasteiger partial charge in [0, 0.05) is 6.42 Å². The Balaban J connectivity index is 1.79. The molecule has 5 heteroatoms. The molecular weight excluding hydrogens is 438 g/mol. The maximum atomic E-state index is 13.7. The van der Waals surface area contributed by atoms with Crippen LogP contribution >= 0.6 is 0 Å². The van der Waals surface area contributed by atoms with Crippen LogP contribution in [-0.2, 0) is 16.0 Å². The van der Waals surface area contributed by atoms with Gasteiger partial charge in [0.15, 0.2) is 0 Å². The molecule has 0 aromatic heterocycles. The largest absolute Gasteiger partial charge is 0.466 e. The van der Waals surface area contributed by atoms with E-state index >= 15 is 0 Å². The highest BCUT2D eigenvalue weighted by Crippen LogP contribution is 2.40. The van der Waals surface area contributed by atoms with E-state index in [1.807, 2.05) is 24.3 Å². The van der Waals surface area contributed by atoms with Gasteiger partial charge in [-0.25, -0.2) is 4.90 Å². The van der Waals surface area contributed by atoms with Gasteiger partial charge < -0.3 is 4.74 Å². The van der Waals surface area contributed by atoms with Gasteiger partial charge in [-0.15, -0.1) is 0 Å². The van der Waals surface area contributed by atoms with E-state index in [0.717, 1.165) is 36.0 Å². The summed E-state index contributed by atoms with van der Waals surface area (Å²) in [6.45, 7) is 10.9. The number of unbranched alkanes of at least 4 members (excludes halogenated alkanes) is 4. The standard InChI is InChI=1S/C30H39NO4/c1-6-7-8-9-10-19-35-26(32)18-17-22-13-11-16-25-27(22)30(34)31(29(25)33)28-23(20(2)3)14-12-15-24(28)21(4)5/h11-16,20-21H,6-10,17-19H2,1-5H3. The Hall–Kier alpha value is -2.95. The molecule has 0 saturated carbocycles. The molecule has 35 heavy (non-hydrogen) atoms. The first kappa shape index (κ1) is 26.7. The third-order valence-electron chi connectivity index (χ3n) is 6.68. The number of carbonyl (C=O) groups excluding carboxylic acids is 3. The Kier molecular flexibility index (Phi) is 9.25. The van der Waals surface area contributed by atoms with Crippen LogP contribution < -0.4 is 4.90 Å². The minimum Gasteiger partial charge on any atom is -0.466 e. The molecule has 0 atom stereocenters. The predicted molar refractivity (Wildman–Crippen MR) is 140 cm³/mol. The summed E-state index contributed by atoms with van der Waals surface area (Å²) in [5, 5.41) is 0. The molecular formula is C30H39NO4. The molecule has 1 aliphatic heterocycles. The maximum Gasteiger partial charge on any atom is 0.306 e. The molecule has 0 unspecified atom stereocenters. The number of hydrogen-bond donors (Lipinski definition) is 0. The Morgan fingerprint density at radius 2 is 1.49 bits per heavy atom. The van der Waals surface area contributed by atoms with E-state index in [-0.39, 0.29) is 36.0 Å². The van der Waals surface area contributed by atoms with E-state index in [0.29, 0.717) is 29.8 Å². The lowest BCUT2D eigenvalue weighted by Crippen LogP contribution is -2.32. The summed E-state index contributed by atoms with van der Waals surface area (Å²) in [6.07, 6.45) is 6.05. The quantitative estimate of drug-likeness (QED) is 0.184. The summed E-state index contributed by atoms with van der Waals surface area (Å²) >= 11 is 0. The van der Waals surface area contributed by atoms with Crippen molar-refractivity contribution in [3.05, 3.63) is 64.2 Å². The van der Waals surface area contributed by atoms with Crippen molar-refractivity contribution >= 4 is 23.5 Å². The van der Waals surface area contributed by atoms with E-state index in [9.17, 15) is 14.4 Å². The number of nitrogens with zero attached hydrogens (tertiary/aromatic N) is 1. The lowest BCUT2D eigenvalue weighted by Gasteiger charge is -2.25. The van der Waals surface area contributed by atoms with Crippen molar-refractivity contribution in [1.29, 1.82) is 0 Å². The molecule has 0 spiro atoms. The monoisotopic (exact) mass is 477 g/mol. The third kappa shape index (κ3) is 6.01. The van der Waals surface area contributed by atoms with Crippen LogP contribution in [0.5, 0.6) is 0 Å². The third-order valence-corrected chi connectivity index (χ3v) is 6.68. The molecule has 1 aliphatic rings. The number of carbonyl (C=O) groups is 3. The maximum absolute atomic E-state index is 13.7. The molecule has 3 rings (SSSR count). The van der Waals surface area contributed by atoms with E-state index in [2.05, 4.69) is 34.6 Å². The molecule has 0 saturated heterocycles.